The molecule has 0 aliphatic heterocycles. The minimum absolute atomic E-state index is 0.201. The number of rotatable bonds is 7. The maximum absolute atomic E-state index is 5.66. The molecule has 4 nitrogen and oxygen atoms in total. The molecule has 2 aromatic rings. The highest BCUT2D eigenvalue weighted by Crippen LogP contribution is 2.27. The third kappa shape index (κ3) is 4.08. The Hall–Kier alpha value is -1.81. The highest BCUT2D eigenvalue weighted by atomic mass is 16.5. The average molecular weight is 285 g/mol. The quantitative estimate of drug-likeness (QED) is 0.820. The summed E-state index contributed by atoms with van der Waals surface area (Å²) < 4.78 is 5.66. The van der Waals surface area contributed by atoms with Crippen LogP contribution < -0.4 is 10.1 Å². The van der Waals surface area contributed by atoms with Crippen LogP contribution in [0.3, 0.4) is 0 Å². The van der Waals surface area contributed by atoms with Gasteiger partial charge < -0.3 is 15.0 Å². The molecule has 0 atom stereocenters. The van der Waals surface area contributed by atoms with Crippen molar-refractivity contribution in [3.63, 3.8) is 0 Å². The molecule has 2 N–H and O–H groups in total. The van der Waals surface area contributed by atoms with Crippen molar-refractivity contribution >= 4 is 0 Å². The summed E-state index contributed by atoms with van der Waals surface area (Å²) in [4.78, 5) is 7.80. The Morgan fingerprint density at radius 1 is 1.29 bits per heavy atom. The number of H-pyrrole nitrogens is 1. The maximum Gasteiger partial charge on any atom is 0.120 e. The van der Waals surface area contributed by atoms with Crippen molar-refractivity contribution in [2.24, 2.45) is 5.92 Å². The van der Waals surface area contributed by atoms with E-state index in [4.69, 9.17) is 4.74 Å². The molecule has 21 heavy (non-hydrogen) atoms. The first kappa shape index (κ1) is 14.1. The van der Waals surface area contributed by atoms with E-state index in [9.17, 15) is 0 Å². The summed E-state index contributed by atoms with van der Waals surface area (Å²) in [6.07, 6.45) is 4.85. The fourth-order valence-electron chi connectivity index (χ4n) is 2.30. The summed E-state index contributed by atoms with van der Waals surface area (Å²) in [7, 11) is 0. The van der Waals surface area contributed by atoms with Crippen molar-refractivity contribution in [3.05, 3.63) is 36.3 Å². The molecule has 112 valence electrons. The number of nitrogens with zero attached hydrogens (tertiary/aromatic N) is 1. The summed E-state index contributed by atoms with van der Waals surface area (Å²) in [5.41, 5.74) is 2.18. The summed E-state index contributed by atoms with van der Waals surface area (Å²) in [6, 6.07) is 8.13. The zero-order valence-corrected chi connectivity index (χ0v) is 12.7. The highest BCUT2D eigenvalue weighted by Gasteiger charge is 2.20. The van der Waals surface area contributed by atoms with Crippen molar-refractivity contribution in [2.75, 3.05) is 6.54 Å². The largest absolute Gasteiger partial charge is 0.491 e. The minimum Gasteiger partial charge on any atom is -0.491 e. The zero-order valence-electron chi connectivity index (χ0n) is 12.7. The molecule has 0 radical (unpaired) electrons. The third-order valence-electron chi connectivity index (χ3n) is 3.59. The van der Waals surface area contributed by atoms with Gasteiger partial charge in [-0.1, -0.05) is 0 Å². The first-order valence-corrected chi connectivity index (χ1v) is 7.72. The van der Waals surface area contributed by atoms with Crippen molar-refractivity contribution in [1.29, 1.82) is 0 Å². The van der Waals surface area contributed by atoms with Crippen LogP contribution in [0.1, 0.15) is 32.5 Å². The normalized spacial score (nSPS) is 14.6. The van der Waals surface area contributed by atoms with E-state index in [-0.39, 0.29) is 6.10 Å². The van der Waals surface area contributed by atoms with Crippen LogP contribution in [0.2, 0.25) is 0 Å². The number of aromatic nitrogens is 2. The summed E-state index contributed by atoms with van der Waals surface area (Å²) >= 11 is 0. The van der Waals surface area contributed by atoms with E-state index in [0.29, 0.717) is 0 Å². The predicted octanol–water partition coefficient (Wildman–Crippen LogP) is 3.36. The molecule has 1 aliphatic rings. The fourth-order valence-corrected chi connectivity index (χ4v) is 2.30. The first-order chi connectivity index (χ1) is 10.2. The van der Waals surface area contributed by atoms with Crippen LogP contribution in [0.15, 0.2) is 30.5 Å². The second-order valence-corrected chi connectivity index (χ2v) is 6.01. The molecule has 4 heteroatoms. The smallest absolute Gasteiger partial charge is 0.120 e. The van der Waals surface area contributed by atoms with E-state index in [1.165, 1.54) is 12.8 Å². The Balaban J connectivity index is 1.59. The van der Waals surface area contributed by atoms with E-state index >= 15 is 0 Å². The molecule has 0 bridgehead atoms. The minimum atomic E-state index is 0.201. The number of nitrogens with one attached hydrogen (secondary N) is 2. The summed E-state index contributed by atoms with van der Waals surface area (Å²) in [5.74, 6) is 2.79. The lowest BCUT2D eigenvalue weighted by atomic mass is 10.1. The molecule has 0 unspecified atom stereocenters. The first-order valence-electron chi connectivity index (χ1n) is 7.72. The van der Waals surface area contributed by atoms with E-state index in [1.807, 2.05) is 32.2 Å². The van der Waals surface area contributed by atoms with Gasteiger partial charge in [0.2, 0.25) is 0 Å². The molecule has 1 aromatic heterocycles. The topological polar surface area (TPSA) is 49.9 Å². The maximum atomic E-state index is 5.66. The Kier molecular flexibility index (Phi) is 4.25. The Labute approximate surface area is 125 Å². The van der Waals surface area contributed by atoms with Crippen LogP contribution in [-0.2, 0) is 6.54 Å². The van der Waals surface area contributed by atoms with Gasteiger partial charge in [-0.25, -0.2) is 4.98 Å². The van der Waals surface area contributed by atoms with Gasteiger partial charge in [0.15, 0.2) is 0 Å². The lowest BCUT2D eigenvalue weighted by Crippen LogP contribution is -2.16. The monoisotopic (exact) mass is 285 g/mol. The second kappa shape index (κ2) is 6.31. The van der Waals surface area contributed by atoms with Gasteiger partial charge >= 0.3 is 0 Å². The van der Waals surface area contributed by atoms with Crippen LogP contribution in [0.5, 0.6) is 5.75 Å². The highest BCUT2D eigenvalue weighted by molar-refractivity contribution is 5.59. The number of hydrogen-bond acceptors (Lipinski definition) is 3. The number of imidazole rings is 1. The Morgan fingerprint density at radius 2 is 2.05 bits per heavy atom. The van der Waals surface area contributed by atoms with Crippen LogP contribution in [-0.4, -0.2) is 22.6 Å². The summed E-state index contributed by atoms with van der Waals surface area (Å²) in [5, 5.41) is 3.45. The standard InChI is InChI=1S/C17H23N3O/c1-12(2)21-15-7-5-14(6-8-15)16-10-19-17(20-16)11-18-9-13-3-4-13/h5-8,10,12-13,18H,3-4,9,11H2,1-2H3,(H,19,20). The lowest BCUT2D eigenvalue weighted by Gasteiger charge is -2.09. The average Bonchev–Trinajstić information content (AvgIpc) is 3.16. The molecule has 1 aromatic carbocycles. The van der Waals surface area contributed by atoms with Gasteiger partial charge in [-0.15, -0.1) is 0 Å². The Morgan fingerprint density at radius 3 is 2.71 bits per heavy atom. The van der Waals surface area contributed by atoms with Crippen molar-refractivity contribution in [1.82, 2.24) is 15.3 Å². The lowest BCUT2D eigenvalue weighted by molar-refractivity contribution is 0.242. The van der Waals surface area contributed by atoms with Gasteiger partial charge in [0.25, 0.3) is 0 Å². The molecule has 1 heterocycles. The van der Waals surface area contributed by atoms with Crippen LogP contribution in [0, 0.1) is 5.92 Å². The molecule has 1 fully saturated rings. The predicted molar refractivity (Wildman–Crippen MR) is 84.2 cm³/mol. The summed E-state index contributed by atoms with van der Waals surface area (Å²) in [6.45, 7) is 5.98. The SMILES string of the molecule is CC(C)Oc1ccc(-c2cnc(CNCC3CC3)[nH]2)cc1. The second-order valence-electron chi connectivity index (χ2n) is 6.01. The van der Waals surface area contributed by atoms with E-state index in [1.54, 1.807) is 0 Å². The van der Waals surface area contributed by atoms with E-state index in [0.717, 1.165) is 41.8 Å². The van der Waals surface area contributed by atoms with Gasteiger partial charge in [0.05, 0.1) is 24.5 Å². The van der Waals surface area contributed by atoms with E-state index < -0.39 is 0 Å². The molecule has 3 rings (SSSR count). The van der Waals surface area contributed by atoms with Gasteiger partial charge in [0.1, 0.15) is 11.6 Å². The van der Waals surface area contributed by atoms with E-state index in [2.05, 4.69) is 27.4 Å². The molecule has 0 saturated heterocycles. The Bertz CT molecular complexity index is 570. The van der Waals surface area contributed by atoms with Gasteiger partial charge in [-0.2, -0.15) is 0 Å². The molecule has 0 amide bonds. The zero-order chi connectivity index (χ0) is 14.7. The van der Waals surface area contributed by atoms with Gasteiger partial charge in [-0.05, 0) is 69.0 Å². The number of aromatic amines is 1. The molecular weight excluding hydrogens is 262 g/mol. The molecule has 1 aliphatic carbocycles. The number of hydrogen-bond donors (Lipinski definition) is 2. The van der Waals surface area contributed by atoms with Crippen molar-refractivity contribution in [2.45, 2.75) is 39.3 Å². The third-order valence-corrected chi connectivity index (χ3v) is 3.59. The van der Waals surface area contributed by atoms with Gasteiger partial charge in [-0.3, -0.25) is 0 Å². The van der Waals surface area contributed by atoms with Crippen LogP contribution in [0.4, 0.5) is 0 Å². The van der Waals surface area contributed by atoms with Crippen LogP contribution in [0.25, 0.3) is 11.3 Å². The van der Waals surface area contributed by atoms with Crippen molar-refractivity contribution < 1.29 is 4.74 Å². The van der Waals surface area contributed by atoms with Crippen molar-refractivity contribution in [3.8, 4) is 17.0 Å². The molecular formula is C17H23N3O. The molecule has 1 saturated carbocycles. The number of benzene rings is 1. The molecule has 0 spiro atoms. The van der Waals surface area contributed by atoms with Gasteiger partial charge in [0, 0.05) is 0 Å². The number of ether oxygens (including phenoxy) is 1. The van der Waals surface area contributed by atoms with Crippen LogP contribution >= 0.6 is 0 Å². The fraction of sp³-hybridized carbons (Fsp3) is 0.471.